The van der Waals surface area contributed by atoms with Crippen LogP contribution in [0.4, 0.5) is 0 Å². The van der Waals surface area contributed by atoms with Crippen molar-refractivity contribution in [2.45, 2.75) is 19.4 Å². The van der Waals surface area contributed by atoms with Gasteiger partial charge in [0.1, 0.15) is 0 Å². The fraction of sp³-hybridized carbons (Fsp3) is 0.353. The summed E-state index contributed by atoms with van der Waals surface area (Å²) in [5.41, 5.74) is 2.84. The fourth-order valence-electron chi connectivity index (χ4n) is 2.75. The molecule has 1 aliphatic rings. The number of rotatable bonds is 5. The minimum absolute atomic E-state index is 0.711. The smallest absolute Gasteiger partial charge is 0.0785 e. The van der Waals surface area contributed by atoms with E-state index in [1.165, 1.54) is 11.1 Å². The maximum Gasteiger partial charge on any atom is 0.0785 e. The maximum atomic E-state index is 5.86. The number of nitrogens with zero attached hydrogens (tertiary/aromatic N) is 3. The molecule has 21 heavy (non-hydrogen) atoms. The van der Waals surface area contributed by atoms with Gasteiger partial charge in [0, 0.05) is 32.4 Å². The second kappa shape index (κ2) is 6.92. The summed E-state index contributed by atoms with van der Waals surface area (Å²) in [4.78, 5) is 2.50. The van der Waals surface area contributed by atoms with Crippen LogP contribution >= 0.6 is 11.6 Å². The first-order valence-electron chi connectivity index (χ1n) is 7.46. The summed E-state index contributed by atoms with van der Waals surface area (Å²) in [6, 6.07) is 10.7. The molecule has 110 valence electrons. The molecule has 0 radical (unpaired) electrons. The highest BCUT2D eigenvalue weighted by Crippen LogP contribution is 2.21. The average molecular weight is 302 g/mol. The second-order valence-electron chi connectivity index (χ2n) is 5.42. The van der Waals surface area contributed by atoms with Gasteiger partial charge in [-0.3, -0.25) is 9.58 Å². The number of aryl methyl sites for hydroxylation is 1. The van der Waals surface area contributed by atoms with Gasteiger partial charge in [-0.15, -0.1) is 0 Å². The lowest BCUT2D eigenvalue weighted by Gasteiger charge is -2.26. The van der Waals surface area contributed by atoms with Gasteiger partial charge in [-0.25, -0.2) is 0 Å². The first-order valence-corrected chi connectivity index (χ1v) is 7.84. The summed E-state index contributed by atoms with van der Waals surface area (Å²) in [5.74, 6) is 0. The SMILES string of the molecule is Clc1cnn(CCCN2CC=C(c3ccccc3)CC2)c1. The zero-order valence-electron chi connectivity index (χ0n) is 12.1. The quantitative estimate of drug-likeness (QED) is 0.839. The topological polar surface area (TPSA) is 21.1 Å². The van der Waals surface area contributed by atoms with Gasteiger partial charge in [0.2, 0.25) is 0 Å². The lowest BCUT2D eigenvalue weighted by atomic mass is 9.99. The van der Waals surface area contributed by atoms with E-state index in [-0.39, 0.29) is 0 Å². The summed E-state index contributed by atoms with van der Waals surface area (Å²) in [6.07, 6.45) is 8.18. The Bertz CT molecular complexity index is 604. The Hall–Kier alpha value is -1.58. The highest BCUT2D eigenvalue weighted by Gasteiger charge is 2.12. The van der Waals surface area contributed by atoms with Gasteiger partial charge in [-0.1, -0.05) is 48.0 Å². The standard InChI is InChI=1S/C17H20ClN3/c18-17-13-19-21(14-17)10-4-9-20-11-7-16(8-12-20)15-5-2-1-3-6-15/h1-3,5-7,13-14H,4,8-12H2. The molecule has 0 N–H and O–H groups in total. The van der Waals surface area contributed by atoms with Crippen LogP contribution in [-0.4, -0.2) is 34.3 Å². The molecule has 0 spiro atoms. The Balaban J connectivity index is 1.46. The number of hydrogen-bond acceptors (Lipinski definition) is 2. The van der Waals surface area contributed by atoms with Crippen molar-refractivity contribution < 1.29 is 0 Å². The molecule has 4 heteroatoms. The van der Waals surface area contributed by atoms with Crippen molar-refractivity contribution in [1.82, 2.24) is 14.7 Å². The van der Waals surface area contributed by atoms with E-state index in [4.69, 9.17) is 11.6 Å². The minimum atomic E-state index is 0.711. The first-order chi connectivity index (χ1) is 10.3. The third-order valence-electron chi connectivity index (χ3n) is 3.90. The number of aromatic nitrogens is 2. The van der Waals surface area contributed by atoms with E-state index in [2.05, 4.69) is 46.4 Å². The number of halogens is 1. The van der Waals surface area contributed by atoms with Gasteiger partial charge in [-0.05, 0) is 24.0 Å². The van der Waals surface area contributed by atoms with Crippen molar-refractivity contribution in [3.8, 4) is 0 Å². The molecular formula is C17H20ClN3. The zero-order valence-corrected chi connectivity index (χ0v) is 12.8. The minimum Gasteiger partial charge on any atom is -0.299 e. The first kappa shape index (κ1) is 14.4. The van der Waals surface area contributed by atoms with Gasteiger partial charge in [0.25, 0.3) is 0 Å². The number of hydrogen-bond donors (Lipinski definition) is 0. The largest absolute Gasteiger partial charge is 0.299 e. The van der Waals surface area contributed by atoms with Crippen LogP contribution in [0.1, 0.15) is 18.4 Å². The summed E-state index contributed by atoms with van der Waals surface area (Å²) < 4.78 is 1.91. The van der Waals surface area contributed by atoms with Crippen molar-refractivity contribution in [2.75, 3.05) is 19.6 Å². The van der Waals surface area contributed by atoms with E-state index < -0.39 is 0 Å². The molecule has 0 bridgehead atoms. The molecule has 0 saturated heterocycles. The monoisotopic (exact) mass is 301 g/mol. The molecule has 0 unspecified atom stereocenters. The van der Waals surface area contributed by atoms with Gasteiger partial charge < -0.3 is 0 Å². The molecule has 1 aliphatic heterocycles. The van der Waals surface area contributed by atoms with E-state index in [1.807, 2.05) is 10.9 Å². The van der Waals surface area contributed by atoms with E-state index in [0.717, 1.165) is 39.0 Å². The Kier molecular flexibility index (Phi) is 4.73. The molecule has 0 fully saturated rings. The molecule has 0 saturated carbocycles. The molecule has 0 atom stereocenters. The maximum absolute atomic E-state index is 5.86. The Morgan fingerprint density at radius 1 is 1.14 bits per heavy atom. The predicted octanol–water partition coefficient (Wildman–Crippen LogP) is 3.72. The van der Waals surface area contributed by atoms with Gasteiger partial charge in [0.05, 0.1) is 11.2 Å². The van der Waals surface area contributed by atoms with Crippen molar-refractivity contribution in [3.05, 3.63) is 59.4 Å². The third kappa shape index (κ3) is 3.96. The van der Waals surface area contributed by atoms with Crippen molar-refractivity contribution >= 4 is 17.2 Å². The summed E-state index contributed by atoms with van der Waals surface area (Å²) in [7, 11) is 0. The van der Waals surface area contributed by atoms with Crippen LogP contribution in [0, 0.1) is 0 Å². The van der Waals surface area contributed by atoms with Crippen molar-refractivity contribution in [3.63, 3.8) is 0 Å². The summed E-state index contributed by atoms with van der Waals surface area (Å²) in [6.45, 7) is 4.22. The third-order valence-corrected chi connectivity index (χ3v) is 4.10. The second-order valence-corrected chi connectivity index (χ2v) is 5.86. The lowest BCUT2D eigenvalue weighted by Crippen LogP contribution is -2.30. The van der Waals surface area contributed by atoms with E-state index >= 15 is 0 Å². The summed E-state index contributed by atoms with van der Waals surface area (Å²) in [5, 5.41) is 4.92. The van der Waals surface area contributed by atoms with Crippen molar-refractivity contribution in [1.29, 1.82) is 0 Å². The highest BCUT2D eigenvalue weighted by molar-refractivity contribution is 6.30. The average Bonchev–Trinajstić information content (AvgIpc) is 2.94. The van der Waals surface area contributed by atoms with Crippen molar-refractivity contribution in [2.24, 2.45) is 0 Å². The van der Waals surface area contributed by atoms with Crippen LogP contribution in [0.3, 0.4) is 0 Å². The van der Waals surface area contributed by atoms with Crippen LogP contribution in [0.25, 0.3) is 5.57 Å². The number of benzene rings is 1. The highest BCUT2D eigenvalue weighted by atomic mass is 35.5. The van der Waals surface area contributed by atoms with Crippen LogP contribution in [0.5, 0.6) is 0 Å². The molecule has 3 nitrogen and oxygen atoms in total. The molecular weight excluding hydrogens is 282 g/mol. The lowest BCUT2D eigenvalue weighted by molar-refractivity contribution is 0.289. The predicted molar refractivity (Wildman–Crippen MR) is 87.3 cm³/mol. The van der Waals surface area contributed by atoms with Gasteiger partial charge in [0.15, 0.2) is 0 Å². The Morgan fingerprint density at radius 3 is 2.67 bits per heavy atom. The van der Waals surface area contributed by atoms with Crippen LogP contribution in [0.15, 0.2) is 48.8 Å². The van der Waals surface area contributed by atoms with Crippen LogP contribution in [-0.2, 0) is 6.54 Å². The molecule has 1 aromatic carbocycles. The van der Waals surface area contributed by atoms with Crippen LogP contribution < -0.4 is 0 Å². The van der Waals surface area contributed by atoms with Gasteiger partial charge >= 0.3 is 0 Å². The molecule has 2 aromatic rings. The van der Waals surface area contributed by atoms with E-state index in [0.29, 0.717) is 5.02 Å². The molecule has 0 aliphatic carbocycles. The molecule has 1 aromatic heterocycles. The normalized spacial score (nSPS) is 16.0. The van der Waals surface area contributed by atoms with Gasteiger partial charge in [-0.2, -0.15) is 5.10 Å². The molecule has 0 amide bonds. The molecule has 2 heterocycles. The van der Waals surface area contributed by atoms with E-state index in [1.54, 1.807) is 6.20 Å². The van der Waals surface area contributed by atoms with E-state index in [9.17, 15) is 0 Å². The fourth-order valence-corrected chi connectivity index (χ4v) is 2.90. The Morgan fingerprint density at radius 2 is 2.00 bits per heavy atom. The Labute approximate surface area is 130 Å². The summed E-state index contributed by atoms with van der Waals surface area (Å²) >= 11 is 5.86. The molecule has 3 rings (SSSR count). The zero-order chi connectivity index (χ0) is 14.5. The van der Waals surface area contributed by atoms with Crippen LogP contribution in [0.2, 0.25) is 5.02 Å².